The Morgan fingerprint density at radius 1 is 0.679 bits per heavy atom. The number of rotatable bonds is 4. The molecule has 0 radical (unpaired) electrons. The maximum Gasteiger partial charge on any atom is 0.122 e. The van der Waals surface area contributed by atoms with Crippen LogP contribution in [0.4, 0.5) is 0 Å². The van der Waals surface area contributed by atoms with Gasteiger partial charge in [-0.2, -0.15) is 0 Å². The Labute approximate surface area is 173 Å². The van der Waals surface area contributed by atoms with Crippen molar-refractivity contribution in [2.75, 3.05) is 0 Å². The quantitative estimate of drug-likeness (QED) is 0.583. The molecule has 0 aliphatic heterocycles. The van der Waals surface area contributed by atoms with Crippen LogP contribution in [-0.4, -0.2) is 5.11 Å². The minimum Gasteiger partial charge on any atom is -0.507 e. The van der Waals surface area contributed by atoms with E-state index in [2.05, 4.69) is 98.7 Å². The summed E-state index contributed by atoms with van der Waals surface area (Å²) in [5.74, 6) is 0.512. The van der Waals surface area contributed by atoms with Crippen LogP contribution in [0.3, 0.4) is 0 Å². The van der Waals surface area contributed by atoms with Gasteiger partial charge in [0.05, 0.1) is 0 Å². The normalized spacial score (nSPS) is 13.0. The first-order valence-corrected chi connectivity index (χ1v) is 10.7. The van der Waals surface area contributed by atoms with Gasteiger partial charge in [0.1, 0.15) is 5.75 Å². The summed E-state index contributed by atoms with van der Waals surface area (Å²) in [4.78, 5) is 0. The third kappa shape index (κ3) is 5.19. The van der Waals surface area contributed by atoms with Crippen molar-refractivity contribution in [2.45, 2.75) is 97.8 Å². The zero-order chi connectivity index (χ0) is 21.3. The van der Waals surface area contributed by atoms with E-state index >= 15 is 0 Å². The van der Waals surface area contributed by atoms with Gasteiger partial charge in [0.15, 0.2) is 0 Å². The van der Waals surface area contributed by atoms with Gasteiger partial charge in [-0.3, -0.25) is 0 Å². The number of phenols is 1. The van der Waals surface area contributed by atoms with E-state index in [1.807, 2.05) is 0 Å². The van der Waals surface area contributed by atoms with Gasteiger partial charge in [-0.25, -0.2) is 0 Å². The van der Waals surface area contributed by atoms with Gasteiger partial charge in [0, 0.05) is 0 Å². The van der Waals surface area contributed by atoms with Crippen LogP contribution in [0, 0.1) is 0 Å². The van der Waals surface area contributed by atoms with Crippen molar-refractivity contribution in [3.8, 4) is 5.75 Å². The van der Waals surface area contributed by atoms with Gasteiger partial charge in [-0.05, 0) is 63.3 Å². The van der Waals surface area contributed by atoms with E-state index in [9.17, 15) is 5.11 Å². The zero-order valence-corrected chi connectivity index (χ0v) is 19.5. The second kappa shape index (κ2) is 7.93. The van der Waals surface area contributed by atoms with Crippen LogP contribution in [0.25, 0.3) is 0 Å². The summed E-state index contributed by atoms with van der Waals surface area (Å²) >= 11 is 0. The first-order chi connectivity index (χ1) is 12.7. The lowest BCUT2D eigenvalue weighted by Gasteiger charge is -2.36. The van der Waals surface area contributed by atoms with E-state index in [1.165, 1.54) is 16.7 Å². The Balaban J connectivity index is 2.59. The molecule has 0 aliphatic rings. The second-order valence-electron chi connectivity index (χ2n) is 11.3. The van der Waals surface area contributed by atoms with E-state index in [0.29, 0.717) is 5.75 Å². The van der Waals surface area contributed by atoms with Crippen molar-refractivity contribution in [1.82, 2.24) is 0 Å². The minimum atomic E-state index is -0.0886. The Kier molecular flexibility index (Phi) is 6.38. The predicted molar refractivity (Wildman–Crippen MR) is 123 cm³/mol. The van der Waals surface area contributed by atoms with Crippen LogP contribution in [0.15, 0.2) is 36.4 Å². The molecule has 0 saturated carbocycles. The fraction of sp³-hybridized carbons (Fsp3) is 0.556. The van der Waals surface area contributed by atoms with E-state index in [1.54, 1.807) is 0 Å². The van der Waals surface area contributed by atoms with Crippen LogP contribution in [0.1, 0.15) is 96.6 Å². The first-order valence-electron chi connectivity index (χ1n) is 10.7. The van der Waals surface area contributed by atoms with Gasteiger partial charge in [-0.15, -0.1) is 0 Å². The molecule has 0 spiro atoms. The molecule has 2 aromatic carbocycles. The standard InChI is InChI=1S/C27H40O/c1-25(2,3)21-18-22(26(4,5)6)24(28)20(23(21)27(7,8)9)17-13-16-19-14-11-10-12-15-19/h10-12,14-15,18,28H,13,16-17H2,1-9H3. The molecule has 0 saturated heterocycles. The topological polar surface area (TPSA) is 20.2 Å². The molecule has 0 aromatic heterocycles. The molecule has 0 amide bonds. The first kappa shape index (κ1) is 22.5. The Morgan fingerprint density at radius 3 is 1.68 bits per heavy atom. The summed E-state index contributed by atoms with van der Waals surface area (Å²) in [7, 11) is 0. The molecule has 1 N–H and O–H groups in total. The Morgan fingerprint density at radius 2 is 1.21 bits per heavy atom. The lowest BCUT2D eigenvalue weighted by atomic mass is 9.69. The highest BCUT2D eigenvalue weighted by Crippen LogP contribution is 2.45. The lowest BCUT2D eigenvalue weighted by Crippen LogP contribution is -2.26. The molecule has 0 fully saturated rings. The van der Waals surface area contributed by atoms with Crippen molar-refractivity contribution in [3.05, 3.63) is 64.2 Å². The fourth-order valence-corrected chi connectivity index (χ4v) is 4.11. The van der Waals surface area contributed by atoms with Crippen LogP contribution < -0.4 is 0 Å². The molecule has 0 unspecified atom stereocenters. The van der Waals surface area contributed by atoms with Crippen LogP contribution in [0.2, 0.25) is 0 Å². The molecule has 1 heteroatoms. The van der Waals surface area contributed by atoms with Crippen molar-refractivity contribution in [3.63, 3.8) is 0 Å². The molecule has 0 aliphatic carbocycles. The fourth-order valence-electron chi connectivity index (χ4n) is 4.11. The maximum atomic E-state index is 11.4. The number of phenolic OH excluding ortho intramolecular Hbond substituents is 1. The summed E-state index contributed by atoms with van der Waals surface area (Å²) in [6.45, 7) is 20.3. The molecule has 28 heavy (non-hydrogen) atoms. The predicted octanol–water partition coefficient (Wildman–Crippen LogP) is 7.46. The van der Waals surface area contributed by atoms with Gasteiger partial charge < -0.3 is 5.11 Å². The molecule has 0 bridgehead atoms. The van der Waals surface area contributed by atoms with Gasteiger partial charge in [-0.1, -0.05) is 98.7 Å². The molecule has 1 nitrogen and oxygen atoms in total. The number of aryl methyl sites for hydroxylation is 1. The summed E-state index contributed by atoms with van der Waals surface area (Å²) in [5.41, 5.74) is 6.22. The highest BCUT2D eigenvalue weighted by atomic mass is 16.3. The summed E-state index contributed by atoms with van der Waals surface area (Å²) in [6.07, 6.45) is 2.98. The van der Waals surface area contributed by atoms with Crippen molar-refractivity contribution < 1.29 is 5.11 Å². The summed E-state index contributed by atoms with van der Waals surface area (Å²) in [6, 6.07) is 12.9. The third-order valence-electron chi connectivity index (χ3n) is 5.50. The van der Waals surface area contributed by atoms with E-state index in [4.69, 9.17) is 0 Å². The minimum absolute atomic E-state index is 0.0153. The van der Waals surface area contributed by atoms with Gasteiger partial charge in [0.2, 0.25) is 0 Å². The smallest absolute Gasteiger partial charge is 0.122 e. The SMILES string of the molecule is CC(C)(C)c1cc(C(C)(C)C)c(C(C)(C)C)c(CCCc2ccccc2)c1O. The zero-order valence-electron chi connectivity index (χ0n) is 19.5. The molecule has 2 aromatic rings. The van der Waals surface area contributed by atoms with Crippen molar-refractivity contribution in [1.29, 1.82) is 0 Å². The van der Waals surface area contributed by atoms with Crippen molar-refractivity contribution >= 4 is 0 Å². The average Bonchev–Trinajstić information content (AvgIpc) is 2.53. The number of hydrogen-bond acceptors (Lipinski definition) is 1. The molecule has 2 rings (SSSR count). The molecule has 0 atom stereocenters. The monoisotopic (exact) mass is 380 g/mol. The molecular weight excluding hydrogens is 340 g/mol. The third-order valence-corrected chi connectivity index (χ3v) is 5.50. The average molecular weight is 381 g/mol. The number of hydrogen-bond donors (Lipinski definition) is 1. The van der Waals surface area contributed by atoms with E-state index in [-0.39, 0.29) is 16.2 Å². The number of aromatic hydroxyl groups is 1. The lowest BCUT2D eigenvalue weighted by molar-refractivity contribution is 0.428. The molecule has 0 heterocycles. The highest BCUT2D eigenvalue weighted by Gasteiger charge is 2.33. The largest absolute Gasteiger partial charge is 0.507 e. The van der Waals surface area contributed by atoms with E-state index < -0.39 is 0 Å². The molecular formula is C27H40O. The Bertz CT molecular complexity index is 793. The number of benzene rings is 2. The van der Waals surface area contributed by atoms with Gasteiger partial charge >= 0.3 is 0 Å². The highest BCUT2D eigenvalue weighted by molar-refractivity contribution is 5.56. The van der Waals surface area contributed by atoms with Crippen LogP contribution in [-0.2, 0) is 29.1 Å². The van der Waals surface area contributed by atoms with Crippen LogP contribution in [0.5, 0.6) is 5.75 Å². The Hall–Kier alpha value is -1.76. The summed E-state index contributed by atoms with van der Waals surface area (Å²) < 4.78 is 0. The maximum absolute atomic E-state index is 11.4. The van der Waals surface area contributed by atoms with Gasteiger partial charge in [0.25, 0.3) is 0 Å². The van der Waals surface area contributed by atoms with Crippen molar-refractivity contribution in [2.24, 2.45) is 0 Å². The molecule has 154 valence electrons. The van der Waals surface area contributed by atoms with E-state index in [0.717, 1.165) is 30.4 Å². The second-order valence-corrected chi connectivity index (χ2v) is 11.3. The summed E-state index contributed by atoms with van der Waals surface area (Å²) in [5, 5.41) is 11.4. The van der Waals surface area contributed by atoms with Crippen LogP contribution >= 0.6 is 0 Å².